The molecule has 1 aromatic heterocycles. The van der Waals surface area contributed by atoms with Crippen LogP contribution in [-0.2, 0) is 0 Å². The molecule has 1 unspecified atom stereocenters. The molecule has 0 radical (unpaired) electrons. The van der Waals surface area contributed by atoms with E-state index < -0.39 is 0 Å². The monoisotopic (exact) mass is 317 g/mol. The highest BCUT2D eigenvalue weighted by Gasteiger charge is 2.23. The summed E-state index contributed by atoms with van der Waals surface area (Å²) < 4.78 is 16.0. The van der Waals surface area contributed by atoms with E-state index in [2.05, 4.69) is 29.4 Å². The fourth-order valence-electron chi connectivity index (χ4n) is 2.42. The van der Waals surface area contributed by atoms with Crippen LogP contribution < -0.4 is 14.8 Å². The van der Waals surface area contributed by atoms with Gasteiger partial charge in [-0.3, -0.25) is 4.79 Å². The SMILES string of the molecule is Cc1nnc(C(CC(C)C)NC(=O)c2ccc3c(c2)OCO3)o1. The van der Waals surface area contributed by atoms with Crippen LogP contribution in [0.3, 0.4) is 0 Å². The number of aromatic nitrogens is 2. The number of benzene rings is 1. The van der Waals surface area contributed by atoms with Gasteiger partial charge in [0, 0.05) is 12.5 Å². The lowest BCUT2D eigenvalue weighted by Gasteiger charge is -2.17. The molecule has 0 saturated heterocycles. The molecule has 2 aromatic rings. The van der Waals surface area contributed by atoms with Gasteiger partial charge >= 0.3 is 0 Å². The predicted molar refractivity (Wildman–Crippen MR) is 81.3 cm³/mol. The molecule has 1 atom stereocenters. The van der Waals surface area contributed by atoms with Crippen LogP contribution in [0.2, 0.25) is 0 Å². The molecule has 3 rings (SSSR count). The largest absolute Gasteiger partial charge is 0.454 e. The summed E-state index contributed by atoms with van der Waals surface area (Å²) >= 11 is 0. The highest BCUT2D eigenvalue weighted by Crippen LogP contribution is 2.32. The van der Waals surface area contributed by atoms with Crippen molar-refractivity contribution in [3.8, 4) is 11.5 Å². The number of hydrogen-bond donors (Lipinski definition) is 1. The molecule has 0 saturated carbocycles. The summed E-state index contributed by atoms with van der Waals surface area (Å²) in [5, 5.41) is 10.8. The molecule has 7 heteroatoms. The van der Waals surface area contributed by atoms with E-state index in [0.717, 1.165) is 0 Å². The molecule has 0 bridgehead atoms. The first-order chi connectivity index (χ1) is 11.0. The molecular formula is C16H19N3O4. The van der Waals surface area contributed by atoms with Gasteiger partial charge in [0.15, 0.2) is 11.5 Å². The molecule has 122 valence electrons. The van der Waals surface area contributed by atoms with Crippen molar-refractivity contribution in [1.29, 1.82) is 0 Å². The molecule has 1 aliphatic heterocycles. The van der Waals surface area contributed by atoms with Crippen LogP contribution in [0.25, 0.3) is 0 Å². The van der Waals surface area contributed by atoms with Gasteiger partial charge in [0.2, 0.25) is 18.6 Å². The summed E-state index contributed by atoms with van der Waals surface area (Å²) in [6, 6.07) is 4.78. The lowest BCUT2D eigenvalue weighted by atomic mass is 10.0. The van der Waals surface area contributed by atoms with Crippen LogP contribution in [0, 0.1) is 12.8 Å². The van der Waals surface area contributed by atoms with Crippen LogP contribution in [0.5, 0.6) is 11.5 Å². The Hall–Kier alpha value is -2.57. The number of carbonyl (C=O) groups excluding carboxylic acids is 1. The Morgan fingerprint density at radius 1 is 1.26 bits per heavy atom. The topological polar surface area (TPSA) is 86.5 Å². The van der Waals surface area contributed by atoms with Gasteiger partial charge in [-0.25, -0.2) is 0 Å². The van der Waals surface area contributed by atoms with Gasteiger partial charge in [-0.15, -0.1) is 10.2 Å². The van der Waals surface area contributed by atoms with Crippen LogP contribution in [-0.4, -0.2) is 22.9 Å². The van der Waals surface area contributed by atoms with E-state index in [1.54, 1.807) is 25.1 Å². The van der Waals surface area contributed by atoms with E-state index in [4.69, 9.17) is 13.9 Å². The molecule has 0 fully saturated rings. The minimum absolute atomic E-state index is 0.178. The molecule has 7 nitrogen and oxygen atoms in total. The summed E-state index contributed by atoms with van der Waals surface area (Å²) in [7, 11) is 0. The van der Waals surface area contributed by atoms with E-state index in [0.29, 0.717) is 41.2 Å². The van der Waals surface area contributed by atoms with Gasteiger partial charge in [0.25, 0.3) is 5.91 Å². The van der Waals surface area contributed by atoms with Crippen molar-refractivity contribution in [2.45, 2.75) is 33.2 Å². The molecular weight excluding hydrogens is 298 g/mol. The van der Waals surface area contributed by atoms with Gasteiger partial charge in [-0.05, 0) is 30.5 Å². The molecule has 1 amide bonds. The number of fused-ring (bicyclic) bond motifs is 1. The lowest BCUT2D eigenvalue weighted by Crippen LogP contribution is -2.29. The average molecular weight is 317 g/mol. The van der Waals surface area contributed by atoms with Gasteiger partial charge in [-0.2, -0.15) is 0 Å². The Labute approximate surface area is 134 Å². The Morgan fingerprint density at radius 2 is 2.04 bits per heavy atom. The van der Waals surface area contributed by atoms with E-state index >= 15 is 0 Å². The number of nitrogens with zero attached hydrogens (tertiary/aromatic N) is 2. The molecule has 0 spiro atoms. The van der Waals surface area contributed by atoms with Crippen molar-refractivity contribution in [3.63, 3.8) is 0 Å². The number of ether oxygens (including phenoxy) is 2. The third kappa shape index (κ3) is 3.44. The van der Waals surface area contributed by atoms with E-state index in [9.17, 15) is 4.79 Å². The van der Waals surface area contributed by atoms with Gasteiger partial charge in [0.1, 0.15) is 6.04 Å². The Kier molecular flexibility index (Phi) is 4.18. The average Bonchev–Trinajstić information content (AvgIpc) is 3.13. The molecule has 2 heterocycles. The summed E-state index contributed by atoms with van der Waals surface area (Å²) in [5.41, 5.74) is 0.499. The van der Waals surface area contributed by atoms with E-state index in [1.165, 1.54) is 0 Å². The van der Waals surface area contributed by atoms with Crippen molar-refractivity contribution in [3.05, 3.63) is 35.5 Å². The second kappa shape index (κ2) is 6.28. The second-order valence-corrected chi connectivity index (χ2v) is 5.88. The van der Waals surface area contributed by atoms with Crippen LogP contribution >= 0.6 is 0 Å². The van der Waals surface area contributed by atoms with E-state index in [1.807, 2.05) is 0 Å². The maximum absolute atomic E-state index is 12.5. The second-order valence-electron chi connectivity index (χ2n) is 5.88. The number of aryl methyl sites for hydroxylation is 1. The third-order valence-corrected chi connectivity index (χ3v) is 3.49. The van der Waals surface area contributed by atoms with Crippen molar-refractivity contribution in [2.75, 3.05) is 6.79 Å². The maximum Gasteiger partial charge on any atom is 0.252 e. The minimum Gasteiger partial charge on any atom is -0.454 e. The Morgan fingerprint density at radius 3 is 2.74 bits per heavy atom. The zero-order valence-electron chi connectivity index (χ0n) is 13.3. The molecule has 23 heavy (non-hydrogen) atoms. The maximum atomic E-state index is 12.5. The number of hydrogen-bond acceptors (Lipinski definition) is 6. The fourth-order valence-corrected chi connectivity index (χ4v) is 2.42. The van der Waals surface area contributed by atoms with Crippen LogP contribution in [0.15, 0.2) is 22.6 Å². The number of rotatable bonds is 5. The summed E-state index contributed by atoms with van der Waals surface area (Å²) in [6.07, 6.45) is 0.706. The first-order valence-electron chi connectivity index (χ1n) is 7.53. The van der Waals surface area contributed by atoms with Crippen molar-refractivity contribution in [1.82, 2.24) is 15.5 Å². The van der Waals surface area contributed by atoms with Crippen molar-refractivity contribution < 1.29 is 18.7 Å². The summed E-state index contributed by atoms with van der Waals surface area (Å²) in [5.74, 6) is 2.27. The molecule has 1 aromatic carbocycles. The molecule has 0 aliphatic carbocycles. The molecule has 1 aliphatic rings. The number of carbonyl (C=O) groups is 1. The standard InChI is InChI=1S/C16H19N3O4/c1-9(2)6-12(16-19-18-10(3)23-16)17-15(20)11-4-5-13-14(7-11)22-8-21-13/h4-5,7,9,12H,6,8H2,1-3H3,(H,17,20). The van der Waals surface area contributed by atoms with E-state index in [-0.39, 0.29) is 18.7 Å². The van der Waals surface area contributed by atoms with Crippen LogP contribution in [0.1, 0.15) is 48.4 Å². The summed E-state index contributed by atoms with van der Waals surface area (Å²) in [4.78, 5) is 12.5. The molecule has 1 N–H and O–H groups in total. The first-order valence-corrected chi connectivity index (χ1v) is 7.53. The Balaban J connectivity index is 1.77. The van der Waals surface area contributed by atoms with Crippen molar-refractivity contribution in [2.24, 2.45) is 5.92 Å². The lowest BCUT2D eigenvalue weighted by molar-refractivity contribution is 0.0923. The quantitative estimate of drug-likeness (QED) is 0.912. The highest BCUT2D eigenvalue weighted by atomic mass is 16.7. The fraction of sp³-hybridized carbons (Fsp3) is 0.438. The normalized spacial score (nSPS) is 14.1. The third-order valence-electron chi connectivity index (χ3n) is 3.49. The van der Waals surface area contributed by atoms with Gasteiger partial charge < -0.3 is 19.2 Å². The zero-order valence-corrected chi connectivity index (χ0v) is 13.3. The van der Waals surface area contributed by atoms with Crippen molar-refractivity contribution >= 4 is 5.91 Å². The van der Waals surface area contributed by atoms with Gasteiger partial charge in [-0.1, -0.05) is 13.8 Å². The zero-order chi connectivity index (χ0) is 16.4. The number of amides is 1. The highest BCUT2D eigenvalue weighted by molar-refractivity contribution is 5.95. The van der Waals surface area contributed by atoms with Crippen LogP contribution in [0.4, 0.5) is 0 Å². The summed E-state index contributed by atoms with van der Waals surface area (Å²) in [6.45, 7) is 6.05. The number of nitrogens with one attached hydrogen (secondary N) is 1. The Bertz CT molecular complexity index is 711. The predicted octanol–water partition coefficient (Wildman–Crippen LogP) is 2.62. The minimum atomic E-state index is -0.325. The smallest absolute Gasteiger partial charge is 0.252 e. The van der Waals surface area contributed by atoms with Gasteiger partial charge in [0.05, 0.1) is 0 Å². The first kappa shape index (κ1) is 15.3.